The third kappa shape index (κ3) is 5.56. The molecular formula is C13H14BrNO4. The molecule has 0 aliphatic carbocycles. The molecule has 1 rings (SSSR count). The van der Waals surface area contributed by atoms with Gasteiger partial charge in [-0.2, -0.15) is 0 Å². The zero-order valence-corrected chi connectivity index (χ0v) is 11.9. The van der Waals surface area contributed by atoms with Gasteiger partial charge in [0.1, 0.15) is 5.75 Å². The van der Waals surface area contributed by atoms with Crippen molar-refractivity contribution < 1.29 is 19.4 Å². The Bertz CT molecular complexity index is 499. The molecule has 0 spiro atoms. The van der Waals surface area contributed by atoms with Crippen molar-refractivity contribution in [3.05, 3.63) is 34.3 Å². The summed E-state index contributed by atoms with van der Waals surface area (Å²) in [7, 11) is 0. The highest BCUT2D eigenvalue weighted by Gasteiger charge is 2.04. The Morgan fingerprint density at radius 1 is 1.47 bits per heavy atom. The predicted octanol–water partition coefficient (Wildman–Crippen LogP) is 2.06. The van der Waals surface area contributed by atoms with Gasteiger partial charge in [-0.25, -0.2) is 4.79 Å². The Kier molecular flexibility index (Phi) is 6.08. The van der Waals surface area contributed by atoms with Crippen molar-refractivity contribution in [2.24, 2.45) is 0 Å². The van der Waals surface area contributed by atoms with E-state index in [4.69, 9.17) is 9.84 Å². The molecule has 0 aliphatic rings. The van der Waals surface area contributed by atoms with E-state index in [1.54, 1.807) is 18.2 Å². The summed E-state index contributed by atoms with van der Waals surface area (Å²) in [5.41, 5.74) is 0.663. The summed E-state index contributed by atoms with van der Waals surface area (Å²) in [5, 5.41) is 11.2. The quantitative estimate of drug-likeness (QED) is 0.784. The van der Waals surface area contributed by atoms with E-state index < -0.39 is 5.97 Å². The fourth-order valence-electron chi connectivity index (χ4n) is 1.30. The number of nitrogens with one attached hydrogen (secondary N) is 1. The minimum absolute atomic E-state index is 0.0719. The third-order valence-electron chi connectivity index (χ3n) is 2.12. The molecule has 0 fully saturated rings. The summed E-state index contributed by atoms with van der Waals surface area (Å²) in [6.45, 7) is 2.30. The molecule has 2 N–H and O–H groups in total. The monoisotopic (exact) mass is 327 g/mol. The van der Waals surface area contributed by atoms with E-state index >= 15 is 0 Å². The SMILES string of the molecule is CCNC(=O)COc1ccc(Br)c(/C=C/C(=O)O)c1. The van der Waals surface area contributed by atoms with Crippen molar-refractivity contribution in [2.45, 2.75) is 6.92 Å². The number of carbonyl (C=O) groups excluding carboxylic acids is 1. The number of aliphatic carboxylic acids is 1. The summed E-state index contributed by atoms with van der Waals surface area (Å²) in [4.78, 5) is 21.7. The van der Waals surface area contributed by atoms with Gasteiger partial charge in [0.05, 0.1) is 0 Å². The second kappa shape index (κ2) is 7.58. The van der Waals surface area contributed by atoms with Crippen molar-refractivity contribution >= 4 is 33.9 Å². The average Bonchev–Trinajstić information content (AvgIpc) is 2.36. The molecule has 102 valence electrons. The molecular weight excluding hydrogens is 314 g/mol. The number of carboxylic acids is 1. The average molecular weight is 328 g/mol. The van der Waals surface area contributed by atoms with Crippen molar-refractivity contribution in [2.75, 3.05) is 13.2 Å². The molecule has 0 heterocycles. The topological polar surface area (TPSA) is 75.6 Å². The van der Waals surface area contributed by atoms with E-state index in [1.807, 2.05) is 6.92 Å². The number of halogens is 1. The number of amides is 1. The van der Waals surface area contributed by atoms with Crippen LogP contribution >= 0.6 is 15.9 Å². The molecule has 0 radical (unpaired) electrons. The van der Waals surface area contributed by atoms with Crippen molar-refractivity contribution in [1.29, 1.82) is 0 Å². The van der Waals surface area contributed by atoms with Gasteiger partial charge in [-0.15, -0.1) is 0 Å². The normalized spacial score (nSPS) is 10.4. The van der Waals surface area contributed by atoms with Crippen LogP contribution in [0.5, 0.6) is 5.75 Å². The third-order valence-corrected chi connectivity index (χ3v) is 2.84. The van der Waals surface area contributed by atoms with Crippen LogP contribution in [-0.2, 0) is 9.59 Å². The molecule has 1 aromatic carbocycles. The van der Waals surface area contributed by atoms with E-state index in [0.717, 1.165) is 10.5 Å². The van der Waals surface area contributed by atoms with Crippen molar-refractivity contribution in [3.8, 4) is 5.75 Å². The number of benzene rings is 1. The number of likely N-dealkylation sites (N-methyl/N-ethyl adjacent to an activating group) is 1. The van der Waals surface area contributed by atoms with Crippen LogP contribution in [0.2, 0.25) is 0 Å². The molecule has 0 unspecified atom stereocenters. The minimum Gasteiger partial charge on any atom is -0.484 e. The molecule has 19 heavy (non-hydrogen) atoms. The molecule has 0 saturated carbocycles. The summed E-state index contributed by atoms with van der Waals surface area (Å²) in [6.07, 6.45) is 2.49. The van der Waals surface area contributed by atoms with Gasteiger partial charge in [0.25, 0.3) is 5.91 Å². The number of hydrogen-bond acceptors (Lipinski definition) is 3. The fourth-order valence-corrected chi connectivity index (χ4v) is 1.68. The molecule has 0 bridgehead atoms. The Morgan fingerprint density at radius 3 is 2.84 bits per heavy atom. The van der Waals surface area contributed by atoms with E-state index in [0.29, 0.717) is 17.9 Å². The Hall–Kier alpha value is -1.82. The molecule has 5 nitrogen and oxygen atoms in total. The lowest BCUT2D eigenvalue weighted by Gasteiger charge is -2.07. The van der Waals surface area contributed by atoms with Crippen LogP contribution in [0.25, 0.3) is 6.08 Å². The van der Waals surface area contributed by atoms with E-state index in [2.05, 4.69) is 21.2 Å². The van der Waals surface area contributed by atoms with Crippen LogP contribution in [0.3, 0.4) is 0 Å². The molecule has 0 aliphatic heterocycles. The second-order valence-electron chi connectivity index (χ2n) is 3.60. The Labute approximate surface area is 119 Å². The maximum Gasteiger partial charge on any atom is 0.328 e. The summed E-state index contributed by atoms with van der Waals surface area (Å²) in [6, 6.07) is 5.08. The van der Waals surface area contributed by atoms with Gasteiger partial charge in [-0.3, -0.25) is 4.79 Å². The van der Waals surface area contributed by atoms with Crippen molar-refractivity contribution in [3.63, 3.8) is 0 Å². The summed E-state index contributed by atoms with van der Waals surface area (Å²) >= 11 is 3.31. The minimum atomic E-state index is -1.03. The highest BCUT2D eigenvalue weighted by atomic mass is 79.9. The number of hydrogen-bond donors (Lipinski definition) is 2. The largest absolute Gasteiger partial charge is 0.484 e. The first kappa shape index (κ1) is 15.2. The van der Waals surface area contributed by atoms with Crippen LogP contribution < -0.4 is 10.1 Å². The molecule has 0 atom stereocenters. The van der Waals surface area contributed by atoms with Crippen LogP contribution in [0.1, 0.15) is 12.5 Å². The molecule has 0 aromatic heterocycles. The zero-order valence-electron chi connectivity index (χ0n) is 10.4. The smallest absolute Gasteiger partial charge is 0.328 e. The fraction of sp³-hybridized carbons (Fsp3) is 0.231. The van der Waals surface area contributed by atoms with Crippen LogP contribution in [0, 0.1) is 0 Å². The van der Waals surface area contributed by atoms with Gasteiger partial charge in [0, 0.05) is 17.1 Å². The highest BCUT2D eigenvalue weighted by molar-refractivity contribution is 9.10. The van der Waals surface area contributed by atoms with Gasteiger partial charge >= 0.3 is 5.97 Å². The first-order valence-corrected chi connectivity index (χ1v) is 6.42. The second-order valence-corrected chi connectivity index (χ2v) is 4.45. The van der Waals surface area contributed by atoms with Crippen LogP contribution in [0.15, 0.2) is 28.7 Å². The zero-order chi connectivity index (χ0) is 14.3. The summed E-state index contributed by atoms with van der Waals surface area (Å²) < 4.78 is 6.05. The van der Waals surface area contributed by atoms with E-state index in [9.17, 15) is 9.59 Å². The van der Waals surface area contributed by atoms with Gasteiger partial charge in [0.2, 0.25) is 0 Å². The molecule has 1 aromatic rings. The molecule has 0 saturated heterocycles. The number of carboxylic acid groups (broad SMARTS) is 1. The maximum absolute atomic E-state index is 11.2. The van der Waals surface area contributed by atoms with E-state index in [1.165, 1.54) is 6.08 Å². The summed E-state index contributed by atoms with van der Waals surface area (Å²) in [5.74, 6) is -0.729. The van der Waals surface area contributed by atoms with Gasteiger partial charge in [-0.05, 0) is 36.8 Å². The van der Waals surface area contributed by atoms with Crippen LogP contribution in [-0.4, -0.2) is 30.1 Å². The predicted molar refractivity (Wildman–Crippen MR) is 75.0 cm³/mol. The lowest BCUT2D eigenvalue weighted by molar-refractivity contribution is -0.131. The van der Waals surface area contributed by atoms with Crippen molar-refractivity contribution in [1.82, 2.24) is 5.32 Å². The first-order valence-electron chi connectivity index (χ1n) is 5.63. The number of carbonyl (C=O) groups is 2. The Balaban J connectivity index is 2.73. The standard InChI is InChI=1S/C13H14BrNO4/c1-2-15-12(16)8-19-10-4-5-11(14)9(7-10)3-6-13(17)18/h3-7H,2,8H2,1H3,(H,15,16)(H,17,18)/b6-3+. The highest BCUT2D eigenvalue weighted by Crippen LogP contribution is 2.23. The first-order chi connectivity index (χ1) is 9.02. The maximum atomic E-state index is 11.2. The Morgan fingerprint density at radius 2 is 2.21 bits per heavy atom. The van der Waals surface area contributed by atoms with E-state index in [-0.39, 0.29) is 12.5 Å². The van der Waals surface area contributed by atoms with Gasteiger partial charge in [-0.1, -0.05) is 15.9 Å². The lowest BCUT2D eigenvalue weighted by Crippen LogP contribution is -2.28. The lowest BCUT2D eigenvalue weighted by atomic mass is 10.2. The number of rotatable bonds is 6. The molecule has 1 amide bonds. The number of ether oxygens (including phenoxy) is 1. The van der Waals surface area contributed by atoms with Gasteiger partial charge in [0.15, 0.2) is 6.61 Å². The van der Waals surface area contributed by atoms with Gasteiger partial charge < -0.3 is 15.2 Å². The molecule has 6 heteroatoms. The van der Waals surface area contributed by atoms with Crippen LogP contribution in [0.4, 0.5) is 0 Å².